The van der Waals surface area contributed by atoms with Crippen LogP contribution in [0.15, 0.2) is 53.4 Å². The lowest BCUT2D eigenvalue weighted by molar-refractivity contribution is -0.127. The monoisotopic (exact) mass is 376 g/mol. The minimum absolute atomic E-state index is 0.0117. The number of ether oxygens (including phenoxy) is 1. The number of halogens is 1. The summed E-state index contributed by atoms with van der Waals surface area (Å²) in [5.41, 5.74) is 5.81. The van der Waals surface area contributed by atoms with Crippen LogP contribution < -0.4 is 15.6 Å². The third-order valence-corrected chi connectivity index (χ3v) is 4.42. The minimum Gasteiger partial charge on any atom is -0.494 e. The summed E-state index contributed by atoms with van der Waals surface area (Å²) in [5.74, 6) is -0.306. The molecule has 0 saturated carbocycles. The van der Waals surface area contributed by atoms with E-state index in [2.05, 4.69) is 10.9 Å². The van der Waals surface area contributed by atoms with E-state index in [-0.39, 0.29) is 23.9 Å². The van der Waals surface area contributed by atoms with Gasteiger partial charge in [0.1, 0.15) is 11.6 Å². The lowest BCUT2D eigenvalue weighted by Gasteiger charge is -2.08. The van der Waals surface area contributed by atoms with E-state index in [0.29, 0.717) is 17.9 Å². The van der Waals surface area contributed by atoms with E-state index in [1.165, 1.54) is 6.07 Å². The molecular formula is C19H21FN2O3S. The second-order valence-corrected chi connectivity index (χ2v) is 6.60. The smallest absolute Gasteiger partial charge is 0.248 e. The fourth-order valence-corrected chi connectivity index (χ4v) is 2.74. The van der Waals surface area contributed by atoms with Crippen LogP contribution in [0.4, 0.5) is 4.39 Å². The summed E-state index contributed by atoms with van der Waals surface area (Å²) in [6.45, 7) is 2.41. The lowest BCUT2D eigenvalue weighted by atomic mass is 10.2. The number of carbonyl (C=O) groups excluding carboxylic acids is 2. The number of hydrogen-bond donors (Lipinski definition) is 2. The number of rotatable bonds is 8. The van der Waals surface area contributed by atoms with Gasteiger partial charge in [-0.05, 0) is 37.6 Å². The Morgan fingerprint density at radius 2 is 1.73 bits per heavy atom. The first-order valence-electron chi connectivity index (χ1n) is 8.19. The van der Waals surface area contributed by atoms with Crippen LogP contribution in [0.25, 0.3) is 0 Å². The molecule has 0 heterocycles. The molecule has 2 amide bonds. The van der Waals surface area contributed by atoms with Gasteiger partial charge in [0.15, 0.2) is 0 Å². The number of hydrazine groups is 1. The quantitative estimate of drug-likeness (QED) is 0.422. The number of thioether (sulfide) groups is 1. The molecule has 0 aliphatic rings. The van der Waals surface area contributed by atoms with Crippen molar-refractivity contribution in [3.63, 3.8) is 0 Å². The Balaban J connectivity index is 1.57. The summed E-state index contributed by atoms with van der Waals surface area (Å²) in [5, 5.41) is 0. The van der Waals surface area contributed by atoms with E-state index in [0.717, 1.165) is 23.1 Å². The van der Waals surface area contributed by atoms with Crippen molar-refractivity contribution >= 4 is 23.6 Å². The molecule has 0 fully saturated rings. The van der Waals surface area contributed by atoms with Crippen molar-refractivity contribution in [2.24, 2.45) is 0 Å². The van der Waals surface area contributed by atoms with E-state index >= 15 is 0 Å². The first-order chi connectivity index (χ1) is 12.5. The van der Waals surface area contributed by atoms with Gasteiger partial charge in [0.05, 0.1) is 12.4 Å². The van der Waals surface area contributed by atoms with Crippen molar-refractivity contribution in [1.29, 1.82) is 0 Å². The molecule has 2 rings (SSSR count). The molecule has 0 radical (unpaired) electrons. The minimum atomic E-state index is -0.400. The van der Waals surface area contributed by atoms with Gasteiger partial charge >= 0.3 is 0 Å². The maximum Gasteiger partial charge on any atom is 0.248 e. The summed E-state index contributed by atoms with van der Waals surface area (Å²) in [6, 6.07) is 13.9. The topological polar surface area (TPSA) is 67.4 Å². The SMILES string of the molecule is Cc1ccc(OCCCC(=O)NNC(=O)CSc2ccccc2F)cc1. The van der Waals surface area contributed by atoms with Crippen molar-refractivity contribution in [2.45, 2.75) is 24.7 Å². The molecule has 0 aliphatic heterocycles. The fraction of sp³-hybridized carbons (Fsp3) is 0.263. The maximum atomic E-state index is 13.4. The predicted molar refractivity (Wildman–Crippen MR) is 99.3 cm³/mol. The zero-order valence-electron chi connectivity index (χ0n) is 14.5. The van der Waals surface area contributed by atoms with Crippen molar-refractivity contribution in [2.75, 3.05) is 12.4 Å². The van der Waals surface area contributed by atoms with Crippen molar-refractivity contribution in [3.05, 3.63) is 59.9 Å². The van der Waals surface area contributed by atoms with Crippen LogP contribution >= 0.6 is 11.8 Å². The number of nitrogens with one attached hydrogen (secondary N) is 2. The summed E-state index contributed by atoms with van der Waals surface area (Å²) >= 11 is 1.07. The van der Waals surface area contributed by atoms with Gasteiger partial charge in [-0.2, -0.15) is 0 Å². The third-order valence-electron chi connectivity index (χ3n) is 3.37. The average Bonchev–Trinajstić information content (AvgIpc) is 2.64. The molecule has 138 valence electrons. The van der Waals surface area contributed by atoms with Crippen LogP contribution in [0.1, 0.15) is 18.4 Å². The van der Waals surface area contributed by atoms with E-state index in [9.17, 15) is 14.0 Å². The van der Waals surface area contributed by atoms with Gasteiger partial charge < -0.3 is 4.74 Å². The first-order valence-corrected chi connectivity index (χ1v) is 9.17. The predicted octanol–water partition coefficient (Wildman–Crippen LogP) is 3.23. The van der Waals surface area contributed by atoms with E-state index in [4.69, 9.17) is 4.74 Å². The molecule has 0 bridgehead atoms. The molecule has 7 heteroatoms. The lowest BCUT2D eigenvalue weighted by Crippen LogP contribution is -2.42. The number of hydrogen-bond acceptors (Lipinski definition) is 4. The Bertz CT molecular complexity index is 738. The normalized spacial score (nSPS) is 10.2. The zero-order valence-corrected chi connectivity index (χ0v) is 15.3. The molecule has 0 aliphatic carbocycles. The average molecular weight is 376 g/mol. The Kier molecular flexibility index (Phi) is 7.95. The van der Waals surface area contributed by atoms with Crippen molar-refractivity contribution < 1.29 is 18.7 Å². The fourth-order valence-electron chi connectivity index (χ4n) is 2.00. The number of benzene rings is 2. The summed E-state index contributed by atoms with van der Waals surface area (Å²) in [4.78, 5) is 23.8. The molecule has 0 spiro atoms. The highest BCUT2D eigenvalue weighted by Gasteiger charge is 2.08. The summed E-state index contributed by atoms with van der Waals surface area (Å²) in [7, 11) is 0. The molecule has 0 unspecified atom stereocenters. The van der Waals surface area contributed by atoms with Crippen molar-refractivity contribution in [3.8, 4) is 5.75 Å². The van der Waals surface area contributed by atoms with Gasteiger partial charge in [-0.1, -0.05) is 29.8 Å². The van der Waals surface area contributed by atoms with Crippen LogP contribution in [-0.4, -0.2) is 24.2 Å². The van der Waals surface area contributed by atoms with Crippen LogP contribution in [0, 0.1) is 12.7 Å². The Morgan fingerprint density at radius 3 is 2.46 bits per heavy atom. The molecule has 0 atom stereocenters. The van der Waals surface area contributed by atoms with Gasteiger partial charge in [0, 0.05) is 11.3 Å². The highest BCUT2D eigenvalue weighted by molar-refractivity contribution is 8.00. The zero-order chi connectivity index (χ0) is 18.8. The van der Waals surface area contributed by atoms with Crippen LogP contribution in [0.3, 0.4) is 0 Å². The molecule has 0 aromatic heterocycles. The Labute approximate surface area is 156 Å². The molecular weight excluding hydrogens is 355 g/mol. The Morgan fingerprint density at radius 1 is 1.04 bits per heavy atom. The maximum absolute atomic E-state index is 13.4. The summed E-state index contributed by atoms with van der Waals surface area (Å²) < 4.78 is 19.0. The molecule has 0 saturated heterocycles. The van der Waals surface area contributed by atoms with Gasteiger partial charge in [-0.15, -0.1) is 11.8 Å². The largest absolute Gasteiger partial charge is 0.494 e. The van der Waals surface area contributed by atoms with E-state index < -0.39 is 5.91 Å². The van der Waals surface area contributed by atoms with Gasteiger partial charge in [0.2, 0.25) is 11.8 Å². The number of carbonyl (C=O) groups is 2. The first kappa shape index (κ1) is 19.8. The molecule has 2 N–H and O–H groups in total. The van der Waals surface area contributed by atoms with Crippen LogP contribution in [0.2, 0.25) is 0 Å². The molecule has 5 nitrogen and oxygen atoms in total. The molecule has 26 heavy (non-hydrogen) atoms. The van der Waals surface area contributed by atoms with Crippen LogP contribution in [-0.2, 0) is 9.59 Å². The standard InChI is InChI=1S/C19H21FN2O3S/c1-14-8-10-15(11-9-14)25-12-4-7-18(23)21-22-19(24)13-26-17-6-3-2-5-16(17)20/h2-3,5-6,8-11H,4,7,12-13H2,1H3,(H,21,23)(H,22,24). The van der Waals surface area contributed by atoms with Gasteiger partial charge in [-0.3, -0.25) is 20.4 Å². The Hall–Kier alpha value is -2.54. The highest BCUT2D eigenvalue weighted by Crippen LogP contribution is 2.20. The van der Waals surface area contributed by atoms with Gasteiger partial charge in [0.25, 0.3) is 0 Å². The third kappa shape index (κ3) is 7.14. The van der Waals surface area contributed by atoms with Crippen molar-refractivity contribution in [1.82, 2.24) is 10.9 Å². The van der Waals surface area contributed by atoms with Crippen LogP contribution in [0.5, 0.6) is 5.75 Å². The highest BCUT2D eigenvalue weighted by atomic mass is 32.2. The molecule has 2 aromatic rings. The van der Waals surface area contributed by atoms with E-state index in [1.807, 2.05) is 31.2 Å². The molecule has 2 aromatic carbocycles. The summed E-state index contributed by atoms with van der Waals surface area (Å²) in [6.07, 6.45) is 0.756. The number of aryl methyl sites for hydroxylation is 1. The van der Waals surface area contributed by atoms with E-state index in [1.54, 1.807) is 18.2 Å². The number of amides is 2. The second-order valence-electron chi connectivity index (χ2n) is 5.58. The van der Waals surface area contributed by atoms with Gasteiger partial charge in [-0.25, -0.2) is 4.39 Å². The second kappa shape index (κ2) is 10.5.